The molecule has 1 unspecified atom stereocenters. The van der Waals surface area contributed by atoms with Crippen LogP contribution in [0.2, 0.25) is 0 Å². The van der Waals surface area contributed by atoms with E-state index in [0.717, 1.165) is 0 Å². The van der Waals surface area contributed by atoms with Crippen molar-refractivity contribution < 1.29 is 18.3 Å². The van der Waals surface area contributed by atoms with E-state index in [1.54, 1.807) is 16.8 Å². The van der Waals surface area contributed by atoms with Crippen LogP contribution in [0.25, 0.3) is 0 Å². The van der Waals surface area contributed by atoms with Crippen molar-refractivity contribution in [2.75, 3.05) is 19.7 Å². The van der Waals surface area contributed by atoms with Gasteiger partial charge in [0.25, 0.3) is 5.91 Å². The molecule has 1 saturated heterocycles. The number of alkyl halides is 1. The van der Waals surface area contributed by atoms with Gasteiger partial charge >= 0.3 is 7.52 Å². The summed E-state index contributed by atoms with van der Waals surface area (Å²) in [5.74, 6) is -0.118. The first kappa shape index (κ1) is 22.1. The first-order valence-electron chi connectivity index (χ1n) is 9.47. The van der Waals surface area contributed by atoms with Gasteiger partial charge in [-0.15, -0.1) is 0 Å². The third kappa shape index (κ3) is 5.87. The van der Waals surface area contributed by atoms with Crippen LogP contribution in [-0.2, 0) is 9.09 Å². The third-order valence-corrected chi connectivity index (χ3v) is 7.53. The zero-order valence-electron chi connectivity index (χ0n) is 17.0. The summed E-state index contributed by atoms with van der Waals surface area (Å²) in [6.45, 7) is 9.61. The van der Waals surface area contributed by atoms with Crippen LogP contribution in [0.15, 0.2) is 30.3 Å². The Morgan fingerprint density at radius 3 is 2.22 bits per heavy atom. The van der Waals surface area contributed by atoms with Crippen molar-refractivity contribution in [3.05, 3.63) is 35.9 Å². The molecule has 27 heavy (non-hydrogen) atoms. The molecule has 2 rings (SSSR count). The molecule has 0 aromatic heterocycles. The number of carbonyl (C=O) groups excluding carboxylic acids is 1. The number of halogens is 1. The smallest absolute Gasteiger partial charge is 0.308 e. The standard InChI is InChI=1S/C20H32FN2O3P/c1-19(2,3)15-26-27(25,20(4,5)21)23-13-11-17(12-14-23)22-18(24)16-9-7-6-8-10-16/h6-10,17H,11-15H2,1-5H3,(H,22,24). The molecule has 5 nitrogen and oxygen atoms in total. The van der Waals surface area contributed by atoms with Gasteiger partial charge in [0.1, 0.15) is 0 Å². The summed E-state index contributed by atoms with van der Waals surface area (Å²) in [7, 11) is -3.64. The molecule has 1 atom stereocenters. The Bertz CT molecular complexity index is 675. The molecule has 7 heteroatoms. The number of nitrogens with zero attached hydrogens (tertiary/aromatic N) is 1. The van der Waals surface area contributed by atoms with Crippen LogP contribution in [0.5, 0.6) is 0 Å². The summed E-state index contributed by atoms with van der Waals surface area (Å²) in [6, 6.07) is 9.03. The summed E-state index contributed by atoms with van der Waals surface area (Å²) in [5.41, 5.74) is 0.409. The molecule has 152 valence electrons. The quantitative estimate of drug-likeness (QED) is 0.697. The second kappa shape index (κ2) is 8.42. The number of nitrogens with one attached hydrogen (secondary N) is 1. The van der Waals surface area contributed by atoms with Gasteiger partial charge in [-0.2, -0.15) is 0 Å². The van der Waals surface area contributed by atoms with E-state index >= 15 is 0 Å². The topological polar surface area (TPSA) is 58.6 Å². The molecular weight excluding hydrogens is 366 g/mol. The fourth-order valence-electron chi connectivity index (χ4n) is 2.98. The second-order valence-electron chi connectivity index (χ2n) is 8.83. The van der Waals surface area contributed by atoms with Gasteiger partial charge in [0.2, 0.25) is 0 Å². The van der Waals surface area contributed by atoms with E-state index in [0.29, 0.717) is 31.5 Å². The van der Waals surface area contributed by atoms with Gasteiger partial charge in [-0.1, -0.05) is 39.0 Å². The lowest BCUT2D eigenvalue weighted by Crippen LogP contribution is -2.45. The minimum atomic E-state index is -3.64. The molecule has 0 bridgehead atoms. The number of piperidine rings is 1. The SMILES string of the molecule is CC(C)(C)COP(=O)(N1CCC(NC(=O)c2ccccc2)CC1)C(C)(C)F. The highest BCUT2D eigenvalue weighted by molar-refractivity contribution is 7.57. The Balaban J connectivity index is 1.99. The molecule has 0 saturated carbocycles. The molecule has 1 aliphatic rings. The number of benzene rings is 1. The van der Waals surface area contributed by atoms with Crippen molar-refractivity contribution in [3.63, 3.8) is 0 Å². The van der Waals surface area contributed by atoms with Gasteiger partial charge in [0.15, 0.2) is 5.41 Å². The molecule has 1 fully saturated rings. The first-order chi connectivity index (χ1) is 12.4. The minimum absolute atomic E-state index is 0.0206. The lowest BCUT2D eigenvalue weighted by molar-refractivity contribution is 0.0915. The zero-order valence-corrected chi connectivity index (χ0v) is 17.9. The van der Waals surface area contributed by atoms with Crippen LogP contribution in [-0.4, -0.2) is 41.7 Å². The highest BCUT2D eigenvalue weighted by Crippen LogP contribution is 2.63. The highest BCUT2D eigenvalue weighted by atomic mass is 31.2. The third-order valence-electron chi connectivity index (χ3n) is 4.56. The van der Waals surface area contributed by atoms with Crippen LogP contribution < -0.4 is 5.32 Å². The lowest BCUT2D eigenvalue weighted by atomic mass is 9.99. The highest BCUT2D eigenvalue weighted by Gasteiger charge is 2.49. The molecule has 1 aliphatic heterocycles. The van der Waals surface area contributed by atoms with E-state index in [4.69, 9.17) is 4.52 Å². The number of hydrogen-bond acceptors (Lipinski definition) is 3. The van der Waals surface area contributed by atoms with Gasteiger partial charge in [0.05, 0.1) is 6.61 Å². The molecule has 0 spiro atoms. The average molecular weight is 398 g/mol. The van der Waals surface area contributed by atoms with Crippen molar-refractivity contribution >= 4 is 13.4 Å². The maximum Gasteiger partial charge on any atom is 0.308 e. The fourth-order valence-corrected chi connectivity index (χ4v) is 5.45. The maximum absolute atomic E-state index is 14.8. The van der Waals surface area contributed by atoms with Gasteiger partial charge in [-0.05, 0) is 44.2 Å². The normalized spacial score (nSPS) is 19.5. The Labute approximate surface area is 162 Å². The number of rotatable bonds is 6. The Hall–Kier alpha value is -1.23. The second-order valence-corrected chi connectivity index (χ2v) is 11.8. The number of carbonyl (C=O) groups is 1. The average Bonchev–Trinajstić information content (AvgIpc) is 2.59. The van der Waals surface area contributed by atoms with E-state index in [1.807, 2.05) is 39.0 Å². The summed E-state index contributed by atoms with van der Waals surface area (Å²) < 4.78 is 35.6. The van der Waals surface area contributed by atoms with E-state index in [1.165, 1.54) is 13.8 Å². The van der Waals surface area contributed by atoms with Gasteiger partial charge in [0, 0.05) is 24.7 Å². The molecule has 1 aromatic carbocycles. The molecule has 0 radical (unpaired) electrons. The van der Waals surface area contributed by atoms with Gasteiger partial charge in [-0.3, -0.25) is 9.36 Å². The predicted molar refractivity (Wildman–Crippen MR) is 107 cm³/mol. The molecule has 0 aliphatic carbocycles. The van der Waals surface area contributed by atoms with Crippen molar-refractivity contribution in [2.45, 2.75) is 58.9 Å². The van der Waals surface area contributed by atoms with Crippen LogP contribution >= 0.6 is 7.52 Å². The summed E-state index contributed by atoms with van der Waals surface area (Å²) in [4.78, 5) is 12.3. The summed E-state index contributed by atoms with van der Waals surface area (Å²) >= 11 is 0. The number of amides is 1. The monoisotopic (exact) mass is 398 g/mol. The molecule has 1 aromatic rings. The Kier molecular flexibility index (Phi) is 6.88. The zero-order chi connectivity index (χ0) is 20.3. The molecule has 1 amide bonds. The van der Waals surface area contributed by atoms with Crippen molar-refractivity contribution in [1.82, 2.24) is 9.99 Å². The van der Waals surface area contributed by atoms with Gasteiger partial charge in [-0.25, -0.2) is 9.06 Å². The summed E-state index contributed by atoms with van der Waals surface area (Å²) in [5, 5.41) is 1.07. The van der Waals surface area contributed by atoms with Crippen LogP contribution in [0.3, 0.4) is 0 Å². The maximum atomic E-state index is 14.8. The molecular formula is C20H32FN2O3P. The van der Waals surface area contributed by atoms with Crippen LogP contribution in [0, 0.1) is 5.41 Å². The first-order valence-corrected chi connectivity index (χ1v) is 11.0. The van der Waals surface area contributed by atoms with E-state index < -0.39 is 12.9 Å². The van der Waals surface area contributed by atoms with E-state index in [2.05, 4.69) is 5.32 Å². The van der Waals surface area contributed by atoms with Crippen LogP contribution in [0.1, 0.15) is 57.8 Å². The van der Waals surface area contributed by atoms with Crippen LogP contribution in [0.4, 0.5) is 4.39 Å². The lowest BCUT2D eigenvalue weighted by Gasteiger charge is -2.41. The Morgan fingerprint density at radius 2 is 1.74 bits per heavy atom. The minimum Gasteiger partial charge on any atom is -0.349 e. The van der Waals surface area contributed by atoms with E-state index in [-0.39, 0.29) is 24.0 Å². The van der Waals surface area contributed by atoms with Gasteiger partial charge < -0.3 is 9.84 Å². The summed E-state index contributed by atoms with van der Waals surface area (Å²) in [6.07, 6.45) is 1.22. The van der Waals surface area contributed by atoms with Crippen molar-refractivity contribution in [1.29, 1.82) is 0 Å². The predicted octanol–water partition coefficient (Wildman–Crippen LogP) is 4.84. The molecule has 1 N–H and O–H groups in total. The Morgan fingerprint density at radius 1 is 1.19 bits per heavy atom. The van der Waals surface area contributed by atoms with Crippen molar-refractivity contribution in [3.8, 4) is 0 Å². The largest absolute Gasteiger partial charge is 0.349 e. The molecule has 1 heterocycles. The van der Waals surface area contributed by atoms with Crippen molar-refractivity contribution in [2.24, 2.45) is 5.41 Å². The van der Waals surface area contributed by atoms with E-state index in [9.17, 15) is 13.8 Å². The number of hydrogen-bond donors (Lipinski definition) is 1. The fraction of sp³-hybridized carbons (Fsp3) is 0.650.